The highest BCUT2D eigenvalue weighted by Crippen LogP contribution is 2.44. The molecule has 1 aromatic heterocycles. The molecule has 1 saturated carbocycles. The number of rotatable bonds is 5. The zero-order valence-electron chi connectivity index (χ0n) is 14.6. The van der Waals surface area contributed by atoms with Crippen molar-refractivity contribution in [2.45, 2.75) is 25.7 Å². The van der Waals surface area contributed by atoms with Gasteiger partial charge >= 0.3 is 12.0 Å². The first kappa shape index (κ1) is 19.8. The van der Waals surface area contributed by atoms with E-state index in [1.165, 1.54) is 25.3 Å². The molecule has 1 fully saturated rings. The average molecular weight is 424 g/mol. The number of hydrazone groups is 1. The molecule has 1 aliphatic carbocycles. The van der Waals surface area contributed by atoms with E-state index >= 15 is 0 Å². The molecule has 2 aromatic rings. The minimum absolute atomic E-state index is 0.00609. The monoisotopic (exact) mass is 423 g/mol. The number of benzene rings is 1. The van der Waals surface area contributed by atoms with E-state index in [1.807, 2.05) is 0 Å². The average Bonchev–Trinajstić information content (AvgIpc) is 3.44. The standard InChI is InChI=1S/C17H15Cl2N5O4/c1-8(25)22-17(27)24(20-2)10-5-11(18)15(12(19)6-10)28-16-21-7-13(26)14(23-16)9-3-4-9/h5-7,9,26H,2-4H2,1H3,(H,22,25,27). The number of halogens is 2. The van der Waals surface area contributed by atoms with E-state index < -0.39 is 11.9 Å². The molecule has 3 rings (SSSR count). The molecule has 146 valence electrons. The molecule has 28 heavy (non-hydrogen) atoms. The fourth-order valence-corrected chi connectivity index (χ4v) is 2.95. The summed E-state index contributed by atoms with van der Waals surface area (Å²) >= 11 is 12.5. The molecule has 0 bridgehead atoms. The molecule has 0 unspecified atom stereocenters. The lowest BCUT2D eigenvalue weighted by Crippen LogP contribution is -2.39. The number of aromatic hydroxyl groups is 1. The van der Waals surface area contributed by atoms with E-state index in [-0.39, 0.29) is 39.2 Å². The molecule has 11 heteroatoms. The smallest absolute Gasteiger partial charge is 0.349 e. The van der Waals surface area contributed by atoms with Crippen LogP contribution in [-0.4, -0.2) is 33.7 Å². The Morgan fingerprint density at radius 1 is 1.36 bits per heavy atom. The van der Waals surface area contributed by atoms with E-state index in [9.17, 15) is 14.7 Å². The summed E-state index contributed by atoms with van der Waals surface area (Å²) in [6.45, 7) is 4.48. The van der Waals surface area contributed by atoms with Gasteiger partial charge in [0.15, 0.2) is 11.5 Å². The number of ether oxygens (including phenoxy) is 1. The quantitative estimate of drug-likeness (QED) is 0.557. The van der Waals surface area contributed by atoms with Gasteiger partial charge in [0, 0.05) is 19.6 Å². The maximum absolute atomic E-state index is 12.0. The first-order valence-electron chi connectivity index (χ1n) is 8.11. The molecular weight excluding hydrogens is 409 g/mol. The molecule has 1 heterocycles. The molecule has 0 aliphatic heterocycles. The van der Waals surface area contributed by atoms with Crippen LogP contribution in [0, 0.1) is 0 Å². The third-order valence-corrected chi connectivity index (χ3v) is 4.34. The first-order chi connectivity index (χ1) is 13.3. The Bertz CT molecular complexity index is 942. The number of anilines is 1. The molecule has 1 aromatic carbocycles. The summed E-state index contributed by atoms with van der Waals surface area (Å²) in [5, 5.41) is 16.4. The lowest BCUT2D eigenvalue weighted by Gasteiger charge is -2.18. The largest absolute Gasteiger partial charge is 0.504 e. The maximum atomic E-state index is 12.0. The second kappa shape index (κ2) is 7.99. The van der Waals surface area contributed by atoms with Crippen LogP contribution in [0.3, 0.4) is 0 Å². The van der Waals surface area contributed by atoms with Gasteiger partial charge in [-0.15, -0.1) is 0 Å². The zero-order chi connectivity index (χ0) is 20.4. The number of aromatic nitrogens is 2. The zero-order valence-corrected chi connectivity index (χ0v) is 16.2. The number of nitrogens with zero attached hydrogens (tertiary/aromatic N) is 4. The van der Waals surface area contributed by atoms with Crippen LogP contribution in [-0.2, 0) is 4.79 Å². The Kier molecular flexibility index (Phi) is 5.66. The van der Waals surface area contributed by atoms with Crippen molar-refractivity contribution in [1.29, 1.82) is 0 Å². The van der Waals surface area contributed by atoms with Crippen LogP contribution >= 0.6 is 23.2 Å². The number of urea groups is 1. The number of hydrogen-bond acceptors (Lipinski definition) is 7. The van der Waals surface area contributed by atoms with Gasteiger partial charge in [-0.1, -0.05) is 23.2 Å². The minimum Gasteiger partial charge on any atom is -0.504 e. The van der Waals surface area contributed by atoms with Gasteiger partial charge in [-0.2, -0.15) is 20.1 Å². The van der Waals surface area contributed by atoms with Crippen molar-refractivity contribution in [2.75, 3.05) is 5.01 Å². The molecule has 0 spiro atoms. The molecule has 1 aliphatic rings. The Morgan fingerprint density at radius 2 is 2.00 bits per heavy atom. The van der Waals surface area contributed by atoms with Crippen LogP contribution < -0.4 is 15.1 Å². The third-order valence-electron chi connectivity index (χ3n) is 3.78. The van der Waals surface area contributed by atoms with Crippen LogP contribution in [0.5, 0.6) is 17.5 Å². The first-order valence-corrected chi connectivity index (χ1v) is 8.87. The molecule has 0 radical (unpaired) electrons. The highest BCUT2D eigenvalue weighted by atomic mass is 35.5. The van der Waals surface area contributed by atoms with Crippen LogP contribution in [0.15, 0.2) is 23.4 Å². The highest BCUT2D eigenvalue weighted by Gasteiger charge is 2.29. The fourth-order valence-electron chi connectivity index (χ4n) is 2.40. The summed E-state index contributed by atoms with van der Waals surface area (Å²) in [6.07, 6.45) is 3.13. The summed E-state index contributed by atoms with van der Waals surface area (Å²) in [4.78, 5) is 31.2. The second-order valence-electron chi connectivity index (χ2n) is 5.98. The lowest BCUT2D eigenvalue weighted by molar-refractivity contribution is -0.117. The van der Waals surface area contributed by atoms with Crippen molar-refractivity contribution in [3.05, 3.63) is 34.1 Å². The van der Waals surface area contributed by atoms with Crippen molar-refractivity contribution in [2.24, 2.45) is 5.10 Å². The van der Waals surface area contributed by atoms with Gasteiger partial charge in [-0.25, -0.2) is 4.79 Å². The Morgan fingerprint density at radius 3 is 2.54 bits per heavy atom. The fraction of sp³-hybridized carbons (Fsp3) is 0.235. The van der Waals surface area contributed by atoms with E-state index in [0.717, 1.165) is 17.9 Å². The van der Waals surface area contributed by atoms with Gasteiger partial charge in [0.1, 0.15) is 0 Å². The number of carbonyl (C=O) groups excluding carboxylic acids is 2. The van der Waals surface area contributed by atoms with E-state index in [0.29, 0.717) is 5.69 Å². The molecule has 2 N–H and O–H groups in total. The van der Waals surface area contributed by atoms with E-state index in [2.05, 4.69) is 27.1 Å². The van der Waals surface area contributed by atoms with Crippen molar-refractivity contribution < 1.29 is 19.4 Å². The van der Waals surface area contributed by atoms with Crippen molar-refractivity contribution in [1.82, 2.24) is 15.3 Å². The molecule has 9 nitrogen and oxygen atoms in total. The normalized spacial score (nSPS) is 13.0. The van der Waals surface area contributed by atoms with Gasteiger partial charge < -0.3 is 9.84 Å². The second-order valence-corrected chi connectivity index (χ2v) is 6.79. The molecule has 0 atom stereocenters. The van der Waals surface area contributed by atoms with E-state index in [1.54, 1.807) is 0 Å². The van der Waals surface area contributed by atoms with E-state index in [4.69, 9.17) is 27.9 Å². The van der Waals surface area contributed by atoms with Crippen molar-refractivity contribution >= 4 is 47.5 Å². The third kappa shape index (κ3) is 4.32. The van der Waals surface area contributed by atoms with Gasteiger partial charge in [0.2, 0.25) is 5.91 Å². The summed E-state index contributed by atoms with van der Waals surface area (Å²) in [7, 11) is 0. The number of carbonyl (C=O) groups is 2. The Balaban J connectivity index is 1.88. The number of imide groups is 1. The highest BCUT2D eigenvalue weighted by molar-refractivity contribution is 6.37. The van der Waals surface area contributed by atoms with Gasteiger partial charge in [-0.3, -0.25) is 10.1 Å². The molecule has 3 amide bonds. The predicted octanol–water partition coefficient (Wildman–Crippen LogP) is 3.84. The molecule has 0 saturated heterocycles. The van der Waals surface area contributed by atoms with Gasteiger partial charge in [0.25, 0.3) is 0 Å². The Hall–Kier alpha value is -2.91. The predicted molar refractivity (Wildman–Crippen MR) is 103 cm³/mol. The van der Waals surface area contributed by atoms with Gasteiger partial charge in [0.05, 0.1) is 27.6 Å². The van der Waals surface area contributed by atoms with Crippen molar-refractivity contribution in [3.8, 4) is 17.5 Å². The maximum Gasteiger partial charge on any atom is 0.349 e. The lowest BCUT2D eigenvalue weighted by atomic mass is 10.2. The molecular formula is C17H15Cl2N5O4. The number of hydrogen-bond donors (Lipinski definition) is 2. The summed E-state index contributed by atoms with van der Waals surface area (Å²) < 4.78 is 5.59. The Labute approximate surface area is 169 Å². The summed E-state index contributed by atoms with van der Waals surface area (Å²) in [5.41, 5.74) is 0.679. The summed E-state index contributed by atoms with van der Waals surface area (Å²) in [5.74, 6) is -0.306. The van der Waals surface area contributed by atoms with Crippen LogP contribution in [0.4, 0.5) is 10.5 Å². The van der Waals surface area contributed by atoms with Crippen LogP contribution in [0.1, 0.15) is 31.4 Å². The topological polar surface area (TPSA) is 117 Å². The van der Waals surface area contributed by atoms with Crippen LogP contribution in [0.25, 0.3) is 0 Å². The minimum atomic E-state index is -0.820. The van der Waals surface area contributed by atoms with Gasteiger partial charge in [-0.05, 0) is 25.0 Å². The summed E-state index contributed by atoms with van der Waals surface area (Å²) in [6, 6.07) is 1.88. The number of amides is 3. The SMILES string of the molecule is C=NN(C(=O)NC(C)=O)c1cc(Cl)c(Oc2ncc(O)c(C3CC3)n2)c(Cl)c1. The number of nitrogens with one attached hydrogen (secondary N) is 1. The van der Waals surface area contributed by atoms with Crippen molar-refractivity contribution in [3.63, 3.8) is 0 Å². The van der Waals surface area contributed by atoms with Crippen LogP contribution in [0.2, 0.25) is 10.0 Å².